The average molecular weight is 587 g/mol. The molecule has 0 heterocycles. The molecule has 2 amide bonds. The van der Waals surface area contributed by atoms with Crippen molar-refractivity contribution in [1.82, 2.24) is 15.4 Å². The first-order valence-electron chi connectivity index (χ1n) is 13.9. The third kappa shape index (κ3) is 11.4. The molecular formula is C31H46N4O5S. The molecule has 2 aromatic rings. The third-order valence-corrected chi connectivity index (χ3v) is 7.73. The minimum atomic E-state index is -3.96. The van der Waals surface area contributed by atoms with Crippen molar-refractivity contribution in [3.8, 4) is 0 Å². The quantitative estimate of drug-likeness (QED) is 0.230. The Morgan fingerprint density at radius 2 is 1.54 bits per heavy atom. The lowest BCUT2D eigenvalue weighted by molar-refractivity contribution is -0.135. The van der Waals surface area contributed by atoms with Gasteiger partial charge in [0.25, 0.3) is 0 Å². The highest BCUT2D eigenvalue weighted by Gasteiger charge is 2.46. The van der Waals surface area contributed by atoms with E-state index in [0.29, 0.717) is 12.0 Å². The number of aliphatic hydroxyl groups excluding tert-OH is 1. The number of nitrogens with one attached hydrogen (secondary N) is 3. The summed E-state index contributed by atoms with van der Waals surface area (Å²) in [5, 5.41) is 18.3. The largest absolute Gasteiger partial charge is 0.388 e. The van der Waals surface area contributed by atoms with Crippen LogP contribution in [-0.4, -0.2) is 54.6 Å². The lowest BCUT2D eigenvalue weighted by Gasteiger charge is -2.40. The molecule has 0 saturated carbocycles. The molecule has 9 nitrogen and oxygen atoms in total. The van der Waals surface area contributed by atoms with E-state index in [1.165, 1.54) is 13.0 Å². The number of amides is 2. The molecule has 0 aliphatic heterocycles. The fraction of sp³-hybridized carbons (Fsp3) is 0.484. The van der Waals surface area contributed by atoms with Crippen LogP contribution in [0.3, 0.4) is 0 Å². The minimum absolute atomic E-state index is 0.171. The van der Waals surface area contributed by atoms with Crippen LogP contribution >= 0.6 is 0 Å². The van der Waals surface area contributed by atoms with E-state index >= 15 is 0 Å². The maximum absolute atomic E-state index is 13.5. The summed E-state index contributed by atoms with van der Waals surface area (Å²) in [6.07, 6.45) is 0.877. The molecule has 226 valence electrons. The smallest absolute Gasteiger partial charge is 0.243 e. The highest BCUT2D eigenvalue weighted by atomic mass is 32.2. The van der Waals surface area contributed by atoms with Crippen LogP contribution in [0.15, 0.2) is 66.1 Å². The molecular weight excluding hydrogens is 540 g/mol. The number of carbonyl (C=O) groups is 2. The number of aliphatic hydroxyl groups is 1. The summed E-state index contributed by atoms with van der Waals surface area (Å²) >= 11 is 0. The van der Waals surface area contributed by atoms with Crippen LogP contribution in [0.25, 0.3) is 6.08 Å². The highest BCUT2D eigenvalue weighted by Crippen LogP contribution is 2.24. The van der Waals surface area contributed by atoms with Gasteiger partial charge in [0.15, 0.2) is 0 Å². The molecule has 0 spiro atoms. The van der Waals surface area contributed by atoms with E-state index in [2.05, 4.69) is 15.4 Å². The molecule has 0 radical (unpaired) electrons. The van der Waals surface area contributed by atoms with Gasteiger partial charge in [-0.1, -0.05) is 74.5 Å². The van der Waals surface area contributed by atoms with E-state index in [0.717, 1.165) is 11.0 Å². The summed E-state index contributed by atoms with van der Waals surface area (Å²) in [6.45, 7) is 10.9. The number of benzene rings is 2. The Kier molecular flexibility index (Phi) is 12.3. The summed E-state index contributed by atoms with van der Waals surface area (Å²) in [7, 11) is -3.96. The predicted molar refractivity (Wildman–Crippen MR) is 164 cm³/mol. The zero-order valence-corrected chi connectivity index (χ0v) is 25.7. The van der Waals surface area contributed by atoms with Crippen LogP contribution in [0.2, 0.25) is 0 Å². The van der Waals surface area contributed by atoms with Crippen molar-refractivity contribution in [3.63, 3.8) is 0 Å². The Morgan fingerprint density at radius 1 is 0.976 bits per heavy atom. The Morgan fingerprint density at radius 3 is 2.07 bits per heavy atom. The molecule has 2 rings (SSSR count). The van der Waals surface area contributed by atoms with E-state index < -0.39 is 51.1 Å². The monoisotopic (exact) mass is 586 g/mol. The van der Waals surface area contributed by atoms with Crippen LogP contribution < -0.4 is 21.1 Å². The van der Waals surface area contributed by atoms with Crippen LogP contribution in [-0.2, 0) is 26.0 Å². The summed E-state index contributed by atoms with van der Waals surface area (Å²) in [6, 6.07) is 15.9. The second-order valence-corrected chi connectivity index (χ2v) is 13.6. The topological polar surface area (TPSA) is 151 Å². The molecule has 4 atom stereocenters. The fourth-order valence-corrected chi connectivity index (χ4v) is 5.24. The van der Waals surface area contributed by atoms with Gasteiger partial charge in [-0.25, -0.2) is 8.42 Å². The number of nitrogens with two attached hydrogens (primary N) is 1. The normalized spacial score (nSPS) is 16.1. The van der Waals surface area contributed by atoms with Crippen molar-refractivity contribution in [1.29, 1.82) is 0 Å². The number of rotatable bonds is 14. The zero-order valence-electron chi connectivity index (χ0n) is 24.9. The summed E-state index contributed by atoms with van der Waals surface area (Å²) < 4.78 is 27.7. The second kappa shape index (κ2) is 14.7. The average Bonchev–Trinajstić information content (AvgIpc) is 2.89. The lowest BCUT2D eigenvalue weighted by atomic mass is 9.79. The van der Waals surface area contributed by atoms with Gasteiger partial charge >= 0.3 is 0 Å². The van der Waals surface area contributed by atoms with E-state index in [9.17, 15) is 23.1 Å². The van der Waals surface area contributed by atoms with Crippen molar-refractivity contribution in [2.75, 3.05) is 0 Å². The van der Waals surface area contributed by atoms with Crippen LogP contribution in [0.5, 0.6) is 0 Å². The molecule has 2 aromatic carbocycles. The van der Waals surface area contributed by atoms with Crippen LogP contribution in [0.4, 0.5) is 0 Å². The van der Waals surface area contributed by atoms with Gasteiger partial charge in [0.2, 0.25) is 21.8 Å². The molecule has 0 aliphatic rings. The minimum Gasteiger partial charge on any atom is -0.388 e. The fourth-order valence-electron chi connectivity index (χ4n) is 4.23. The van der Waals surface area contributed by atoms with Gasteiger partial charge in [-0.3, -0.25) is 9.59 Å². The van der Waals surface area contributed by atoms with Gasteiger partial charge < -0.3 is 21.5 Å². The summed E-state index contributed by atoms with van der Waals surface area (Å²) in [5.41, 5.74) is 5.89. The molecule has 1 unspecified atom stereocenters. The van der Waals surface area contributed by atoms with Crippen molar-refractivity contribution < 1.29 is 23.1 Å². The van der Waals surface area contributed by atoms with Crippen molar-refractivity contribution >= 4 is 27.9 Å². The molecule has 0 bridgehead atoms. The van der Waals surface area contributed by atoms with E-state index in [-0.39, 0.29) is 18.8 Å². The maximum Gasteiger partial charge on any atom is 0.243 e. The van der Waals surface area contributed by atoms with Gasteiger partial charge in [0.05, 0.1) is 12.1 Å². The summed E-state index contributed by atoms with van der Waals surface area (Å²) in [5.74, 6) is -0.970. The Hall–Kier alpha value is -3.05. The van der Waals surface area contributed by atoms with Gasteiger partial charge in [0.1, 0.15) is 11.6 Å². The predicted octanol–water partition coefficient (Wildman–Crippen LogP) is 3.10. The number of hydrogen-bond acceptors (Lipinski definition) is 6. The standard InChI is InChI=1S/C31H46N4O5S/c1-22(2)17-19-31(32,29(38)34-30(4,5)6)27(36)26(21-25-15-11-8-12-16-25)33-28(37)23(3)35-41(39,40)20-18-24-13-9-7-10-14-24/h7-16,18,20,22-23,26-27,35-36H,17,19,21,32H2,1-6H3,(H,33,37)(H,34,38)/t23-,26-,27+,31?/m0/s1. The molecule has 6 N–H and O–H groups in total. The molecule has 0 fully saturated rings. The number of sulfonamides is 1. The lowest BCUT2D eigenvalue weighted by Crippen LogP contribution is -2.69. The van der Waals surface area contributed by atoms with Gasteiger partial charge in [-0.2, -0.15) is 4.72 Å². The SMILES string of the molecule is CC(C)CCC(N)(C(=O)NC(C)(C)C)[C@H](O)[C@H](Cc1ccccc1)NC(=O)[C@H](C)NS(=O)(=O)C=Cc1ccccc1. The first kappa shape index (κ1) is 34.2. The first-order chi connectivity index (χ1) is 19.0. The van der Waals surface area contributed by atoms with Gasteiger partial charge in [-0.15, -0.1) is 0 Å². The maximum atomic E-state index is 13.5. The second-order valence-electron chi connectivity index (χ2n) is 12.0. The van der Waals surface area contributed by atoms with E-state index in [4.69, 9.17) is 5.73 Å². The molecule has 41 heavy (non-hydrogen) atoms. The zero-order chi connectivity index (χ0) is 30.8. The van der Waals surface area contributed by atoms with Crippen molar-refractivity contribution in [2.24, 2.45) is 11.7 Å². The summed E-state index contributed by atoms with van der Waals surface area (Å²) in [4.78, 5) is 26.8. The Balaban J connectivity index is 2.32. The third-order valence-electron chi connectivity index (χ3n) is 6.56. The molecule has 0 aliphatic carbocycles. The number of hydrogen-bond donors (Lipinski definition) is 5. The van der Waals surface area contributed by atoms with E-state index in [1.807, 2.05) is 71.0 Å². The van der Waals surface area contributed by atoms with Crippen molar-refractivity contribution in [3.05, 3.63) is 77.2 Å². The molecule has 0 saturated heterocycles. The first-order valence-corrected chi connectivity index (χ1v) is 15.5. The Bertz CT molecular complexity index is 1260. The van der Waals surface area contributed by atoms with Gasteiger partial charge in [-0.05, 0) is 70.1 Å². The van der Waals surface area contributed by atoms with Crippen LogP contribution in [0.1, 0.15) is 65.5 Å². The molecule has 0 aromatic heterocycles. The van der Waals surface area contributed by atoms with Crippen molar-refractivity contribution in [2.45, 2.75) is 90.1 Å². The Labute approximate surface area is 245 Å². The molecule has 10 heteroatoms. The highest BCUT2D eigenvalue weighted by molar-refractivity contribution is 7.92. The van der Waals surface area contributed by atoms with E-state index in [1.54, 1.807) is 24.3 Å². The van der Waals surface area contributed by atoms with Gasteiger partial charge in [0, 0.05) is 10.9 Å². The van der Waals surface area contributed by atoms with Crippen LogP contribution in [0, 0.1) is 5.92 Å². The number of carbonyl (C=O) groups excluding carboxylic acids is 2.